The Balaban J connectivity index is 3.03. The minimum Gasteiger partial charge on any atom is -0.434 e. The van der Waals surface area contributed by atoms with E-state index in [0.717, 1.165) is 0 Å². The van der Waals surface area contributed by atoms with Crippen LogP contribution in [0, 0.1) is 0 Å². The van der Waals surface area contributed by atoms with E-state index >= 15 is 0 Å². The van der Waals surface area contributed by atoms with Crippen LogP contribution in [0.2, 0.25) is 0 Å². The van der Waals surface area contributed by atoms with Crippen molar-refractivity contribution in [3.05, 3.63) is 11.3 Å². The maximum Gasteiger partial charge on any atom is 0.515 e. The molecule has 0 aliphatic rings. The van der Waals surface area contributed by atoms with E-state index in [9.17, 15) is 9.59 Å². The molecule has 1 aromatic heterocycles. The third-order valence-electron chi connectivity index (χ3n) is 2.69. The Bertz CT molecular complexity index is 494. The summed E-state index contributed by atoms with van der Waals surface area (Å²) < 4.78 is 19.8. The van der Waals surface area contributed by atoms with E-state index in [1.165, 1.54) is 0 Å². The van der Waals surface area contributed by atoms with E-state index in [0.29, 0.717) is 29.8 Å². The standard InChI is InChI=1S/C14H21NO6/c1-5-9-11(20-13(16)18-7-3)10(6-2)15-12(9)21-14(17)19-8-4/h15H,5-8H2,1-4H3. The van der Waals surface area contributed by atoms with E-state index in [2.05, 4.69) is 4.98 Å². The maximum atomic E-state index is 11.5. The second kappa shape index (κ2) is 8.18. The first kappa shape index (κ1) is 16.9. The van der Waals surface area contributed by atoms with E-state index in [-0.39, 0.29) is 19.1 Å². The lowest BCUT2D eigenvalue weighted by Crippen LogP contribution is -2.12. The smallest absolute Gasteiger partial charge is 0.434 e. The summed E-state index contributed by atoms with van der Waals surface area (Å²) >= 11 is 0. The third kappa shape index (κ3) is 4.40. The van der Waals surface area contributed by atoms with Gasteiger partial charge in [0.1, 0.15) is 0 Å². The first-order chi connectivity index (χ1) is 10.1. The van der Waals surface area contributed by atoms with E-state index in [1.54, 1.807) is 13.8 Å². The van der Waals surface area contributed by atoms with Gasteiger partial charge in [-0.2, -0.15) is 0 Å². The fraction of sp³-hybridized carbons (Fsp3) is 0.571. The number of aryl methyl sites for hydroxylation is 1. The normalized spacial score (nSPS) is 10.1. The second-order valence-corrected chi connectivity index (χ2v) is 4.02. The average Bonchev–Trinajstić information content (AvgIpc) is 2.76. The summed E-state index contributed by atoms with van der Waals surface area (Å²) in [4.78, 5) is 25.8. The van der Waals surface area contributed by atoms with Crippen LogP contribution in [0.1, 0.15) is 39.0 Å². The van der Waals surface area contributed by atoms with Crippen molar-refractivity contribution in [3.63, 3.8) is 0 Å². The van der Waals surface area contributed by atoms with Gasteiger partial charge in [0.05, 0.1) is 24.5 Å². The van der Waals surface area contributed by atoms with Crippen molar-refractivity contribution in [1.29, 1.82) is 0 Å². The van der Waals surface area contributed by atoms with E-state index in [1.807, 2.05) is 13.8 Å². The summed E-state index contributed by atoms with van der Waals surface area (Å²) in [5.74, 6) is 0.574. The Kier molecular flexibility index (Phi) is 6.58. The molecular weight excluding hydrogens is 278 g/mol. The molecule has 0 aliphatic heterocycles. The second-order valence-electron chi connectivity index (χ2n) is 4.02. The largest absolute Gasteiger partial charge is 0.515 e. The number of hydrogen-bond donors (Lipinski definition) is 1. The van der Waals surface area contributed by atoms with Gasteiger partial charge in [-0.1, -0.05) is 13.8 Å². The number of aromatic nitrogens is 1. The van der Waals surface area contributed by atoms with Gasteiger partial charge in [-0.05, 0) is 26.7 Å². The molecule has 0 spiro atoms. The highest BCUT2D eigenvalue weighted by atomic mass is 16.7. The first-order valence-electron chi connectivity index (χ1n) is 7.00. The molecule has 118 valence electrons. The molecule has 1 heterocycles. The zero-order valence-corrected chi connectivity index (χ0v) is 12.8. The van der Waals surface area contributed by atoms with Gasteiger partial charge in [0.15, 0.2) is 5.75 Å². The van der Waals surface area contributed by atoms with Gasteiger partial charge in [-0.25, -0.2) is 9.59 Å². The van der Waals surface area contributed by atoms with Gasteiger partial charge < -0.3 is 23.9 Å². The number of ether oxygens (including phenoxy) is 4. The molecule has 0 amide bonds. The summed E-state index contributed by atoms with van der Waals surface area (Å²) in [7, 11) is 0. The number of carbonyl (C=O) groups is 2. The molecule has 0 unspecified atom stereocenters. The van der Waals surface area contributed by atoms with Gasteiger partial charge >= 0.3 is 12.3 Å². The number of carbonyl (C=O) groups excluding carboxylic acids is 2. The predicted molar refractivity (Wildman–Crippen MR) is 74.8 cm³/mol. The van der Waals surface area contributed by atoms with Crippen molar-refractivity contribution >= 4 is 12.3 Å². The lowest BCUT2D eigenvalue weighted by molar-refractivity contribution is 0.102. The van der Waals surface area contributed by atoms with Crippen LogP contribution in [0.3, 0.4) is 0 Å². The summed E-state index contributed by atoms with van der Waals surface area (Å²) in [5.41, 5.74) is 1.24. The highest BCUT2D eigenvalue weighted by molar-refractivity contribution is 5.68. The lowest BCUT2D eigenvalue weighted by atomic mass is 10.2. The highest BCUT2D eigenvalue weighted by Crippen LogP contribution is 2.34. The number of rotatable bonds is 6. The minimum atomic E-state index is -0.807. The number of aromatic amines is 1. The molecule has 0 saturated heterocycles. The fourth-order valence-electron chi connectivity index (χ4n) is 1.80. The molecular formula is C14H21NO6. The summed E-state index contributed by atoms with van der Waals surface area (Å²) in [6.45, 7) is 7.56. The van der Waals surface area contributed by atoms with Crippen molar-refractivity contribution < 1.29 is 28.5 Å². The monoisotopic (exact) mass is 299 g/mol. The van der Waals surface area contributed by atoms with Crippen LogP contribution in [-0.2, 0) is 22.3 Å². The van der Waals surface area contributed by atoms with E-state index in [4.69, 9.17) is 18.9 Å². The molecule has 1 aromatic rings. The summed E-state index contributed by atoms with van der Waals surface area (Å²) in [5, 5.41) is 0. The predicted octanol–water partition coefficient (Wildman–Crippen LogP) is 3.21. The summed E-state index contributed by atoms with van der Waals surface area (Å²) in [6, 6.07) is 0. The van der Waals surface area contributed by atoms with Crippen molar-refractivity contribution in [3.8, 4) is 11.6 Å². The van der Waals surface area contributed by atoms with Crippen LogP contribution in [-0.4, -0.2) is 30.5 Å². The van der Waals surface area contributed by atoms with Gasteiger partial charge in [0.2, 0.25) is 5.88 Å². The average molecular weight is 299 g/mol. The molecule has 1 rings (SSSR count). The Hall–Kier alpha value is -2.18. The van der Waals surface area contributed by atoms with Crippen LogP contribution in [0.25, 0.3) is 0 Å². The Labute approximate surface area is 123 Å². The van der Waals surface area contributed by atoms with Crippen LogP contribution in [0.15, 0.2) is 0 Å². The molecule has 0 fully saturated rings. The molecule has 0 bridgehead atoms. The van der Waals surface area contributed by atoms with Crippen LogP contribution >= 0.6 is 0 Å². The molecule has 0 saturated carbocycles. The topological polar surface area (TPSA) is 86.9 Å². The first-order valence-corrected chi connectivity index (χ1v) is 7.00. The molecule has 7 nitrogen and oxygen atoms in total. The Morgan fingerprint density at radius 1 is 0.905 bits per heavy atom. The highest BCUT2D eigenvalue weighted by Gasteiger charge is 2.23. The SMILES string of the molecule is CCOC(=O)Oc1[nH]c(CC)c(OC(=O)OCC)c1CC. The van der Waals surface area contributed by atoms with Gasteiger partial charge in [0.25, 0.3) is 0 Å². The molecule has 0 aliphatic carbocycles. The third-order valence-corrected chi connectivity index (χ3v) is 2.69. The minimum absolute atomic E-state index is 0.216. The molecule has 21 heavy (non-hydrogen) atoms. The molecule has 1 N–H and O–H groups in total. The molecule has 7 heteroatoms. The number of H-pyrrole nitrogens is 1. The zero-order chi connectivity index (χ0) is 15.8. The number of nitrogens with one attached hydrogen (secondary N) is 1. The Morgan fingerprint density at radius 2 is 1.48 bits per heavy atom. The Morgan fingerprint density at radius 3 is 1.95 bits per heavy atom. The van der Waals surface area contributed by atoms with Crippen molar-refractivity contribution in [2.45, 2.75) is 40.5 Å². The zero-order valence-electron chi connectivity index (χ0n) is 12.8. The van der Waals surface area contributed by atoms with Crippen LogP contribution < -0.4 is 9.47 Å². The van der Waals surface area contributed by atoms with Gasteiger partial charge in [-0.3, -0.25) is 0 Å². The van der Waals surface area contributed by atoms with Crippen molar-refractivity contribution in [2.75, 3.05) is 13.2 Å². The van der Waals surface area contributed by atoms with Crippen molar-refractivity contribution in [1.82, 2.24) is 4.98 Å². The molecule has 0 radical (unpaired) electrons. The molecule has 0 aromatic carbocycles. The lowest BCUT2D eigenvalue weighted by Gasteiger charge is -2.07. The van der Waals surface area contributed by atoms with Gasteiger partial charge in [0, 0.05) is 0 Å². The fourth-order valence-corrected chi connectivity index (χ4v) is 1.80. The quantitative estimate of drug-likeness (QED) is 0.812. The summed E-state index contributed by atoms with van der Waals surface area (Å²) in [6.07, 6.45) is -0.504. The van der Waals surface area contributed by atoms with Gasteiger partial charge in [-0.15, -0.1) is 0 Å². The number of hydrogen-bond acceptors (Lipinski definition) is 6. The van der Waals surface area contributed by atoms with Crippen LogP contribution in [0.4, 0.5) is 9.59 Å². The maximum absolute atomic E-state index is 11.5. The van der Waals surface area contributed by atoms with Crippen molar-refractivity contribution in [2.24, 2.45) is 0 Å². The van der Waals surface area contributed by atoms with Crippen LogP contribution in [0.5, 0.6) is 11.6 Å². The van der Waals surface area contributed by atoms with E-state index < -0.39 is 12.3 Å². The molecule has 0 atom stereocenters.